The number of carbonyl (C=O) groups excluding carboxylic acids is 1. The number of hydrogen-bond acceptors (Lipinski definition) is 4. The topological polar surface area (TPSA) is 53.7 Å². The number of aromatic nitrogens is 3. The summed E-state index contributed by atoms with van der Waals surface area (Å²) in [4.78, 5) is 25.4. The Bertz CT molecular complexity index is 878. The molecule has 25 heavy (non-hydrogen) atoms. The largest absolute Gasteiger partial charge is 0.336 e. The quantitative estimate of drug-likeness (QED) is 0.735. The van der Waals surface area contributed by atoms with E-state index < -0.39 is 0 Å². The zero-order valence-corrected chi connectivity index (χ0v) is 14.3. The minimum atomic E-state index is 0.125. The molecule has 3 heterocycles. The van der Waals surface area contributed by atoms with Gasteiger partial charge in [-0.25, -0.2) is 4.98 Å². The van der Waals surface area contributed by atoms with Crippen molar-refractivity contribution in [3.8, 4) is 0 Å². The lowest BCUT2D eigenvalue weighted by molar-refractivity contribution is 0.0626. The van der Waals surface area contributed by atoms with Gasteiger partial charge in [0.15, 0.2) is 5.65 Å². The molecule has 1 aliphatic rings. The Labute approximate surface area is 146 Å². The van der Waals surface area contributed by atoms with Gasteiger partial charge in [-0.05, 0) is 19.1 Å². The highest BCUT2D eigenvalue weighted by molar-refractivity contribution is 5.94. The highest BCUT2D eigenvalue weighted by Crippen LogP contribution is 2.13. The van der Waals surface area contributed by atoms with Crippen LogP contribution in [0.5, 0.6) is 0 Å². The lowest BCUT2D eigenvalue weighted by atomic mass is 10.1. The van der Waals surface area contributed by atoms with E-state index in [0.717, 1.165) is 49.6 Å². The van der Waals surface area contributed by atoms with Crippen molar-refractivity contribution in [2.45, 2.75) is 13.5 Å². The van der Waals surface area contributed by atoms with Crippen molar-refractivity contribution >= 4 is 11.6 Å². The van der Waals surface area contributed by atoms with Gasteiger partial charge in [0.05, 0.1) is 18.1 Å². The molecule has 0 saturated carbocycles. The molecule has 0 atom stereocenters. The molecule has 0 bridgehead atoms. The fourth-order valence-electron chi connectivity index (χ4n) is 3.23. The van der Waals surface area contributed by atoms with Crippen LogP contribution in [0.3, 0.4) is 0 Å². The normalized spacial score (nSPS) is 15.6. The van der Waals surface area contributed by atoms with Crippen molar-refractivity contribution in [2.75, 3.05) is 26.2 Å². The fraction of sp³-hybridized carbons (Fsp3) is 0.316. The molecule has 0 spiro atoms. The molecule has 1 fully saturated rings. The smallest absolute Gasteiger partial charge is 0.253 e. The number of rotatable bonds is 3. The van der Waals surface area contributed by atoms with Gasteiger partial charge in [-0.15, -0.1) is 0 Å². The maximum Gasteiger partial charge on any atom is 0.253 e. The van der Waals surface area contributed by atoms with Crippen molar-refractivity contribution in [3.05, 3.63) is 65.9 Å². The highest BCUT2D eigenvalue weighted by atomic mass is 16.2. The molecule has 6 nitrogen and oxygen atoms in total. The zero-order valence-electron chi connectivity index (χ0n) is 14.3. The third-order valence-electron chi connectivity index (χ3n) is 4.74. The summed E-state index contributed by atoms with van der Waals surface area (Å²) in [5, 5.41) is 0. The van der Waals surface area contributed by atoms with Gasteiger partial charge in [0, 0.05) is 50.7 Å². The van der Waals surface area contributed by atoms with E-state index in [-0.39, 0.29) is 5.91 Å². The molecule has 128 valence electrons. The summed E-state index contributed by atoms with van der Waals surface area (Å²) < 4.78 is 2.07. The van der Waals surface area contributed by atoms with Gasteiger partial charge in [-0.2, -0.15) is 0 Å². The van der Waals surface area contributed by atoms with Gasteiger partial charge in [0.25, 0.3) is 5.91 Å². The Morgan fingerprint density at radius 2 is 1.84 bits per heavy atom. The van der Waals surface area contributed by atoms with Crippen LogP contribution in [-0.4, -0.2) is 56.3 Å². The average molecular weight is 335 g/mol. The van der Waals surface area contributed by atoms with Crippen LogP contribution >= 0.6 is 0 Å². The Kier molecular flexibility index (Phi) is 4.19. The van der Waals surface area contributed by atoms with Crippen molar-refractivity contribution in [2.24, 2.45) is 0 Å². The molecule has 1 amide bonds. The van der Waals surface area contributed by atoms with Gasteiger partial charge < -0.3 is 4.90 Å². The second-order valence-electron chi connectivity index (χ2n) is 6.49. The van der Waals surface area contributed by atoms with E-state index in [4.69, 9.17) is 0 Å². The van der Waals surface area contributed by atoms with E-state index >= 15 is 0 Å². The molecule has 0 N–H and O–H groups in total. The maximum absolute atomic E-state index is 12.6. The van der Waals surface area contributed by atoms with Crippen LogP contribution in [-0.2, 0) is 6.54 Å². The predicted octanol–water partition coefficient (Wildman–Crippen LogP) is 2.00. The number of amides is 1. The van der Waals surface area contributed by atoms with Crippen LogP contribution in [0, 0.1) is 6.92 Å². The first-order valence-electron chi connectivity index (χ1n) is 8.55. The standard InChI is InChI=1S/C19H21N5O/c1-15-2-4-16(5-3-15)19(25)23-10-8-22(9-11-23)14-17-12-21-18-13-20-6-7-24(17)18/h2-7,12-13H,8-11,14H2,1H3. The molecule has 0 radical (unpaired) electrons. The molecule has 0 unspecified atom stereocenters. The lowest BCUT2D eigenvalue weighted by Gasteiger charge is -2.34. The Balaban J connectivity index is 1.38. The molecule has 1 aliphatic heterocycles. The van der Waals surface area contributed by atoms with Crippen LogP contribution in [0.15, 0.2) is 49.1 Å². The summed E-state index contributed by atoms with van der Waals surface area (Å²) in [6.45, 7) is 6.11. The molecule has 6 heteroatoms. The molecule has 1 aromatic carbocycles. The van der Waals surface area contributed by atoms with Crippen molar-refractivity contribution in [1.29, 1.82) is 0 Å². The van der Waals surface area contributed by atoms with Crippen LogP contribution < -0.4 is 0 Å². The van der Waals surface area contributed by atoms with Gasteiger partial charge in [-0.1, -0.05) is 17.7 Å². The molecular formula is C19H21N5O. The number of imidazole rings is 1. The lowest BCUT2D eigenvalue weighted by Crippen LogP contribution is -2.48. The van der Waals surface area contributed by atoms with Crippen LogP contribution in [0.4, 0.5) is 0 Å². The summed E-state index contributed by atoms with van der Waals surface area (Å²) >= 11 is 0. The second-order valence-corrected chi connectivity index (χ2v) is 6.49. The molecule has 0 aliphatic carbocycles. The highest BCUT2D eigenvalue weighted by Gasteiger charge is 2.22. The zero-order chi connectivity index (χ0) is 17.2. The number of hydrogen-bond donors (Lipinski definition) is 0. The number of carbonyl (C=O) groups is 1. The SMILES string of the molecule is Cc1ccc(C(=O)N2CCN(Cc3cnc4cnccn34)CC2)cc1. The van der Waals surface area contributed by atoms with E-state index in [1.54, 1.807) is 12.4 Å². The number of benzene rings is 1. The maximum atomic E-state index is 12.6. The van der Waals surface area contributed by atoms with Crippen molar-refractivity contribution in [1.82, 2.24) is 24.2 Å². The van der Waals surface area contributed by atoms with Crippen molar-refractivity contribution in [3.63, 3.8) is 0 Å². The third kappa shape index (κ3) is 3.25. The molecule has 1 saturated heterocycles. The minimum absolute atomic E-state index is 0.125. The molecule has 2 aromatic heterocycles. The molecule has 3 aromatic rings. The summed E-state index contributed by atoms with van der Waals surface area (Å²) in [7, 11) is 0. The van der Waals surface area contributed by atoms with Gasteiger partial charge in [0.2, 0.25) is 0 Å². The van der Waals surface area contributed by atoms with E-state index in [1.807, 2.05) is 48.5 Å². The number of nitrogens with zero attached hydrogens (tertiary/aromatic N) is 5. The van der Waals surface area contributed by atoms with E-state index in [9.17, 15) is 4.79 Å². The van der Waals surface area contributed by atoms with E-state index in [2.05, 4.69) is 19.3 Å². The van der Waals surface area contributed by atoms with Gasteiger partial charge >= 0.3 is 0 Å². The number of fused-ring (bicyclic) bond motifs is 1. The Hall–Kier alpha value is -2.73. The van der Waals surface area contributed by atoms with Gasteiger partial charge in [-0.3, -0.25) is 19.1 Å². The molecular weight excluding hydrogens is 314 g/mol. The third-order valence-corrected chi connectivity index (χ3v) is 4.74. The average Bonchev–Trinajstić information content (AvgIpc) is 3.06. The Morgan fingerprint density at radius 1 is 1.08 bits per heavy atom. The van der Waals surface area contributed by atoms with Gasteiger partial charge in [0.1, 0.15) is 0 Å². The van der Waals surface area contributed by atoms with E-state index in [0.29, 0.717) is 0 Å². The fourth-order valence-corrected chi connectivity index (χ4v) is 3.23. The number of piperazine rings is 1. The summed E-state index contributed by atoms with van der Waals surface area (Å²) in [6.07, 6.45) is 7.38. The number of aryl methyl sites for hydroxylation is 1. The monoisotopic (exact) mass is 335 g/mol. The minimum Gasteiger partial charge on any atom is -0.336 e. The predicted molar refractivity (Wildman–Crippen MR) is 95.3 cm³/mol. The first-order valence-corrected chi connectivity index (χ1v) is 8.55. The summed E-state index contributed by atoms with van der Waals surface area (Å²) in [5.74, 6) is 0.125. The second kappa shape index (κ2) is 6.64. The molecule has 4 rings (SSSR count). The summed E-state index contributed by atoms with van der Waals surface area (Å²) in [5.41, 5.74) is 3.96. The first-order chi connectivity index (χ1) is 12.2. The first kappa shape index (κ1) is 15.8. The van der Waals surface area contributed by atoms with E-state index in [1.165, 1.54) is 5.56 Å². The van der Waals surface area contributed by atoms with Crippen LogP contribution in [0.2, 0.25) is 0 Å². The van der Waals surface area contributed by atoms with Crippen LogP contribution in [0.1, 0.15) is 21.6 Å². The van der Waals surface area contributed by atoms with Crippen molar-refractivity contribution < 1.29 is 4.79 Å². The van der Waals surface area contributed by atoms with Crippen LogP contribution in [0.25, 0.3) is 5.65 Å². The Morgan fingerprint density at radius 3 is 2.60 bits per heavy atom. The summed E-state index contributed by atoms with van der Waals surface area (Å²) in [6, 6.07) is 7.80.